The summed E-state index contributed by atoms with van der Waals surface area (Å²) in [5.74, 6) is 0.328. The fourth-order valence-electron chi connectivity index (χ4n) is 0.965. The average Bonchev–Trinajstić information content (AvgIpc) is 2.16. The largest absolute Gasteiger partial charge is 0.496 e. The van der Waals surface area contributed by atoms with Gasteiger partial charge in [-0.25, -0.2) is 0 Å². The standard InChI is InChI=1S/C8H6BrNO4/c1-14-5-2-7(9)6(4-11)8(3-5)10(12)13/h2-4H,1H3. The van der Waals surface area contributed by atoms with Crippen molar-refractivity contribution >= 4 is 27.9 Å². The molecule has 1 aromatic rings. The van der Waals surface area contributed by atoms with Gasteiger partial charge in [0.15, 0.2) is 6.29 Å². The van der Waals surface area contributed by atoms with Gasteiger partial charge < -0.3 is 4.74 Å². The van der Waals surface area contributed by atoms with Gasteiger partial charge in [0.05, 0.1) is 18.1 Å². The second kappa shape index (κ2) is 4.19. The fourth-order valence-corrected chi connectivity index (χ4v) is 1.49. The van der Waals surface area contributed by atoms with Crippen molar-refractivity contribution in [1.82, 2.24) is 0 Å². The summed E-state index contributed by atoms with van der Waals surface area (Å²) >= 11 is 3.05. The molecule has 0 aliphatic heterocycles. The maximum atomic E-state index is 10.6. The third-order valence-electron chi connectivity index (χ3n) is 1.63. The summed E-state index contributed by atoms with van der Waals surface area (Å²) in [6.07, 6.45) is 0.432. The van der Waals surface area contributed by atoms with Crippen LogP contribution in [-0.4, -0.2) is 18.3 Å². The van der Waals surface area contributed by atoms with E-state index in [9.17, 15) is 14.9 Å². The Hall–Kier alpha value is -1.43. The molecule has 0 heterocycles. The normalized spacial score (nSPS) is 9.57. The highest BCUT2D eigenvalue weighted by Gasteiger charge is 2.18. The van der Waals surface area contributed by atoms with Gasteiger partial charge in [-0.2, -0.15) is 0 Å². The molecule has 0 N–H and O–H groups in total. The third kappa shape index (κ3) is 1.90. The van der Waals surface area contributed by atoms with Crippen LogP contribution in [0.5, 0.6) is 5.75 Å². The maximum absolute atomic E-state index is 10.6. The number of halogens is 1. The number of benzene rings is 1. The van der Waals surface area contributed by atoms with E-state index in [4.69, 9.17) is 4.74 Å². The summed E-state index contributed by atoms with van der Waals surface area (Å²) in [4.78, 5) is 20.5. The molecule has 0 aliphatic carbocycles. The molecule has 0 atom stereocenters. The van der Waals surface area contributed by atoms with E-state index in [1.165, 1.54) is 19.2 Å². The number of methoxy groups -OCH3 is 1. The van der Waals surface area contributed by atoms with Crippen LogP contribution in [0.15, 0.2) is 16.6 Å². The first-order chi connectivity index (χ1) is 6.60. The van der Waals surface area contributed by atoms with E-state index in [0.717, 1.165) is 0 Å². The Bertz CT molecular complexity index is 391. The van der Waals surface area contributed by atoms with Crippen LogP contribution >= 0.6 is 15.9 Å². The van der Waals surface area contributed by atoms with E-state index in [1.54, 1.807) is 0 Å². The number of rotatable bonds is 3. The number of aldehydes is 1. The Morgan fingerprint density at radius 2 is 2.21 bits per heavy atom. The van der Waals surface area contributed by atoms with Crippen molar-refractivity contribution in [3.8, 4) is 5.75 Å². The summed E-state index contributed by atoms with van der Waals surface area (Å²) in [5, 5.41) is 10.6. The Balaban J connectivity index is 3.43. The molecule has 0 saturated heterocycles. The Morgan fingerprint density at radius 1 is 1.57 bits per heavy atom. The van der Waals surface area contributed by atoms with Crippen LogP contribution in [0.25, 0.3) is 0 Å². The highest BCUT2D eigenvalue weighted by molar-refractivity contribution is 9.10. The number of hydrogen-bond donors (Lipinski definition) is 0. The lowest BCUT2D eigenvalue weighted by Gasteiger charge is -2.03. The van der Waals surface area contributed by atoms with Crippen molar-refractivity contribution in [2.45, 2.75) is 0 Å². The highest BCUT2D eigenvalue weighted by atomic mass is 79.9. The van der Waals surface area contributed by atoms with Crippen LogP contribution in [0.3, 0.4) is 0 Å². The maximum Gasteiger partial charge on any atom is 0.284 e. The SMILES string of the molecule is COc1cc(Br)c(C=O)c([N+](=O)[O-])c1. The van der Waals surface area contributed by atoms with Gasteiger partial charge in [0.1, 0.15) is 11.3 Å². The van der Waals surface area contributed by atoms with Crippen molar-refractivity contribution in [2.24, 2.45) is 0 Å². The Labute approximate surface area is 88.0 Å². The Morgan fingerprint density at radius 3 is 2.64 bits per heavy atom. The van der Waals surface area contributed by atoms with Crippen molar-refractivity contribution in [2.75, 3.05) is 7.11 Å². The molecule has 0 radical (unpaired) electrons. The summed E-state index contributed by atoms with van der Waals surface area (Å²) in [6, 6.07) is 2.70. The monoisotopic (exact) mass is 259 g/mol. The molecular weight excluding hydrogens is 254 g/mol. The van der Waals surface area contributed by atoms with E-state index in [-0.39, 0.29) is 11.3 Å². The second-order valence-electron chi connectivity index (χ2n) is 2.42. The summed E-state index contributed by atoms with van der Waals surface area (Å²) in [5.41, 5.74) is -0.262. The molecule has 6 heteroatoms. The molecule has 5 nitrogen and oxygen atoms in total. The first-order valence-electron chi connectivity index (χ1n) is 3.57. The van der Waals surface area contributed by atoms with Gasteiger partial charge in [0.25, 0.3) is 5.69 Å². The first kappa shape index (κ1) is 10.6. The molecule has 0 fully saturated rings. The quantitative estimate of drug-likeness (QED) is 0.474. The molecule has 74 valence electrons. The molecule has 0 unspecified atom stereocenters. The summed E-state index contributed by atoms with van der Waals surface area (Å²) in [6.45, 7) is 0. The number of carbonyl (C=O) groups is 1. The lowest BCUT2D eigenvalue weighted by Crippen LogP contribution is -1.96. The van der Waals surface area contributed by atoms with Gasteiger partial charge in [-0.3, -0.25) is 14.9 Å². The van der Waals surface area contributed by atoms with Gasteiger partial charge in [-0.05, 0) is 22.0 Å². The van der Waals surface area contributed by atoms with Crippen LogP contribution in [0.2, 0.25) is 0 Å². The molecule has 1 rings (SSSR count). The number of carbonyl (C=O) groups excluding carboxylic acids is 1. The van der Waals surface area contributed by atoms with E-state index in [0.29, 0.717) is 16.5 Å². The summed E-state index contributed by atoms with van der Waals surface area (Å²) < 4.78 is 5.18. The molecule has 0 saturated carbocycles. The lowest BCUT2D eigenvalue weighted by atomic mass is 10.2. The topological polar surface area (TPSA) is 69.4 Å². The predicted molar refractivity (Wildman–Crippen MR) is 52.7 cm³/mol. The second-order valence-corrected chi connectivity index (χ2v) is 3.27. The molecule has 0 bridgehead atoms. The predicted octanol–water partition coefficient (Wildman–Crippen LogP) is 2.18. The molecule has 0 aromatic heterocycles. The van der Waals surface area contributed by atoms with Crippen LogP contribution in [0.1, 0.15) is 10.4 Å². The average molecular weight is 260 g/mol. The molecular formula is C8H6BrNO4. The van der Waals surface area contributed by atoms with Gasteiger partial charge in [0, 0.05) is 4.47 Å². The van der Waals surface area contributed by atoms with Crippen LogP contribution in [0.4, 0.5) is 5.69 Å². The minimum Gasteiger partial charge on any atom is -0.496 e. The van der Waals surface area contributed by atoms with Gasteiger partial charge in [0.2, 0.25) is 0 Å². The number of nitro benzene ring substituents is 1. The van der Waals surface area contributed by atoms with Gasteiger partial charge in [-0.15, -0.1) is 0 Å². The third-order valence-corrected chi connectivity index (χ3v) is 2.29. The zero-order chi connectivity index (χ0) is 10.7. The van der Waals surface area contributed by atoms with Crippen molar-refractivity contribution in [3.63, 3.8) is 0 Å². The van der Waals surface area contributed by atoms with Gasteiger partial charge in [-0.1, -0.05) is 0 Å². The zero-order valence-electron chi connectivity index (χ0n) is 7.19. The molecule has 0 amide bonds. The smallest absolute Gasteiger partial charge is 0.284 e. The van der Waals surface area contributed by atoms with Crippen molar-refractivity contribution < 1.29 is 14.5 Å². The molecule has 0 aliphatic rings. The first-order valence-corrected chi connectivity index (χ1v) is 4.36. The zero-order valence-corrected chi connectivity index (χ0v) is 8.78. The van der Waals surface area contributed by atoms with E-state index < -0.39 is 4.92 Å². The summed E-state index contributed by atoms with van der Waals surface area (Å²) in [7, 11) is 1.39. The molecule has 1 aromatic carbocycles. The number of hydrogen-bond acceptors (Lipinski definition) is 4. The van der Waals surface area contributed by atoms with Crippen LogP contribution in [0, 0.1) is 10.1 Å². The number of nitro groups is 1. The van der Waals surface area contributed by atoms with E-state index >= 15 is 0 Å². The fraction of sp³-hybridized carbons (Fsp3) is 0.125. The minimum atomic E-state index is -0.628. The minimum absolute atomic E-state index is 0.0100. The van der Waals surface area contributed by atoms with Crippen molar-refractivity contribution in [1.29, 1.82) is 0 Å². The Kier molecular flexibility index (Phi) is 3.19. The van der Waals surface area contributed by atoms with E-state index in [1.807, 2.05) is 0 Å². The number of nitrogens with zero attached hydrogens (tertiary/aromatic N) is 1. The van der Waals surface area contributed by atoms with E-state index in [2.05, 4.69) is 15.9 Å². The highest BCUT2D eigenvalue weighted by Crippen LogP contribution is 2.30. The van der Waals surface area contributed by atoms with Crippen LogP contribution < -0.4 is 4.74 Å². The lowest BCUT2D eigenvalue weighted by molar-refractivity contribution is -0.385. The molecule has 0 spiro atoms. The molecule has 14 heavy (non-hydrogen) atoms. The van der Waals surface area contributed by atoms with Gasteiger partial charge >= 0.3 is 0 Å². The van der Waals surface area contributed by atoms with Crippen LogP contribution in [-0.2, 0) is 0 Å². The van der Waals surface area contributed by atoms with Crippen molar-refractivity contribution in [3.05, 3.63) is 32.3 Å². The number of ether oxygens (including phenoxy) is 1.